The van der Waals surface area contributed by atoms with Crippen LogP contribution in [-0.2, 0) is 0 Å². The number of pyridine rings is 1. The molecule has 0 saturated heterocycles. The number of carbonyl (C=O) groups is 1. The summed E-state index contributed by atoms with van der Waals surface area (Å²) in [5.41, 5.74) is 2.66. The third kappa shape index (κ3) is 3.08. The molecule has 3 aromatic rings. The zero-order valence-corrected chi connectivity index (χ0v) is 14.8. The van der Waals surface area contributed by atoms with Gasteiger partial charge < -0.3 is 14.6 Å². The summed E-state index contributed by atoms with van der Waals surface area (Å²) in [6.45, 7) is 3.80. The molecule has 0 amide bonds. The number of aromatic carboxylic acids is 1. The average Bonchev–Trinajstić information content (AvgIpc) is 2.93. The van der Waals surface area contributed by atoms with Crippen molar-refractivity contribution in [1.29, 1.82) is 0 Å². The molecular weight excluding hydrogens is 336 g/mol. The monoisotopic (exact) mass is 354 g/mol. The number of carboxylic acid groups (broad SMARTS) is 1. The number of azo groups is 1. The summed E-state index contributed by atoms with van der Waals surface area (Å²) in [6.07, 6.45) is 1.85. The van der Waals surface area contributed by atoms with E-state index in [9.17, 15) is 9.90 Å². The van der Waals surface area contributed by atoms with Gasteiger partial charge in [-0.15, -0.1) is 10.2 Å². The predicted molar refractivity (Wildman–Crippen MR) is 95.3 cm³/mol. The van der Waals surface area contributed by atoms with Crippen LogP contribution in [-0.4, -0.2) is 34.7 Å². The van der Waals surface area contributed by atoms with Crippen molar-refractivity contribution in [1.82, 2.24) is 9.38 Å². The lowest BCUT2D eigenvalue weighted by atomic mass is 10.1. The number of ether oxygens (including phenoxy) is 2. The fraction of sp³-hybridized carbons (Fsp3) is 0.222. The minimum atomic E-state index is -1.13. The third-order valence-corrected chi connectivity index (χ3v) is 3.91. The summed E-state index contributed by atoms with van der Waals surface area (Å²) in [6, 6.07) is 6.71. The molecule has 2 aromatic heterocycles. The van der Waals surface area contributed by atoms with Gasteiger partial charge in [0.1, 0.15) is 11.3 Å². The van der Waals surface area contributed by atoms with E-state index in [1.807, 2.05) is 32.2 Å². The van der Waals surface area contributed by atoms with Gasteiger partial charge >= 0.3 is 5.97 Å². The van der Waals surface area contributed by atoms with Crippen molar-refractivity contribution in [3.63, 3.8) is 0 Å². The number of fused-ring (bicyclic) bond motifs is 1. The number of aromatic nitrogens is 2. The summed E-state index contributed by atoms with van der Waals surface area (Å²) < 4.78 is 12.2. The van der Waals surface area contributed by atoms with E-state index >= 15 is 0 Å². The van der Waals surface area contributed by atoms with E-state index in [1.165, 1.54) is 26.4 Å². The first-order chi connectivity index (χ1) is 12.4. The fourth-order valence-corrected chi connectivity index (χ4v) is 2.60. The standard InChI is InChI=1S/C18H18N4O4/c1-10-5-6-22-16(7-10)19-11(2)17(22)21-20-13-9-15(26-4)14(25-3)8-12(13)18(23)24/h5-9H,1-4H3,(H,23,24). The minimum Gasteiger partial charge on any atom is -0.493 e. The van der Waals surface area contributed by atoms with E-state index in [2.05, 4.69) is 15.2 Å². The molecule has 8 nitrogen and oxygen atoms in total. The first kappa shape index (κ1) is 17.4. The lowest BCUT2D eigenvalue weighted by Crippen LogP contribution is -1.99. The van der Waals surface area contributed by atoms with Crippen molar-refractivity contribution in [2.75, 3.05) is 14.2 Å². The Hall–Kier alpha value is -3.42. The van der Waals surface area contributed by atoms with Gasteiger partial charge in [0.25, 0.3) is 0 Å². The second-order valence-electron chi connectivity index (χ2n) is 5.68. The Balaban J connectivity index is 2.11. The molecule has 0 radical (unpaired) electrons. The van der Waals surface area contributed by atoms with Crippen molar-refractivity contribution in [3.8, 4) is 11.5 Å². The fourth-order valence-electron chi connectivity index (χ4n) is 2.60. The highest BCUT2D eigenvalue weighted by Gasteiger charge is 2.17. The molecule has 0 aliphatic carbocycles. The maximum absolute atomic E-state index is 11.6. The summed E-state index contributed by atoms with van der Waals surface area (Å²) in [7, 11) is 2.91. The highest BCUT2D eigenvalue weighted by molar-refractivity contribution is 5.94. The highest BCUT2D eigenvalue weighted by Crippen LogP contribution is 2.36. The van der Waals surface area contributed by atoms with Crippen LogP contribution in [0, 0.1) is 13.8 Å². The number of carboxylic acids is 1. The van der Waals surface area contributed by atoms with Gasteiger partial charge in [-0.05, 0) is 31.5 Å². The van der Waals surface area contributed by atoms with Crippen molar-refractivity contribution < 1.29 is 19.4 Å². The normalized spacial score (nSPS) is 11.2. The van der Waals surface area contributed by atoms with Gasteiger partial charge in [0.15, 0.2) is 17.3 Å². The molecule has 26 heavy (non-hydrogen) atoms. The molecule has 0 atom stereocenters. The lowest BCUT2D eigenvalue weighted by molar-refractivity contribution is 0.0697. The van der Waals surface area contributed by atoms with Gasteiger partial charge in [-0.3, -0.25) is 4.40 Å². The third-order valence-electron chi connectivity index (χ3n) is 3.91. The highest BCUT2D eigenvalue weighted by atomic mass is 16.5. The van der Waals surface area contributed by atoms with Crippen molar-refractivity contribution in [2.24, 2.45) is 10.2 Å². The molecule has 0 fully saturated rings. The van der Waals surface area contributed by atoms with E-state index in [0.29, 0.717) is 23.0 Å². The zero-order chi connectivity index (χ0) is 18.8. The largest absolute Gasteiger partial charge is 0.493 e. The van der Waals surface area contributed by atoms with E-state index in [0.717, 1.165) is 11.2 Å². The Bertz CT molecular complexity index is 1020. The van der Waals surface area contributed by atoms with Gasteiger partial charge in [-0.1, -0.05) is 0 Å². The predicted octanol–water partition coefficient (Wildman–Crippen LogP) is 4.08. The molecule has 3 rings (SSSR count). The molecule has 0 saturated carbocycles. The Kier molecular flexibility index (Phi) is 4.57. The van der Waals surface area contributed by atoms with Crippen LogP contribution < -0.4 is 9.47 Å². The first-order valence-corrected chi connectivity index (χ1v) is 7.81. The smallest absolute Gasteiger partial charge is 0.338 e. The number of hydrogen-bond acceptors (Lipinski definition) is 6. The van der Waals surface area contributed by atoms with Crippen LogP contribution >= 0.6 is 0 Å². The quantitative estimate of drug-likeness (QED) is 0.696. The number of nitrogens with zero attached hydrogens (tertiary/aromatic N) is 4. The number of aryl methyl sites for hydroxylation is 2. The van der Waals surface area contributed by atoms with Crippen molar-refractivity contribution in [2.45, 2.75) is 13.8 Å². The lowest BCUT2D eigenvalue weighted by Gasteiger charge is -2.09. The van der Waals surface area contributed by atoms with Crippen molar-refractivity contribution >= 4 is 23.1 Å². The number of benzene rings is 1. The Labute approximate surface area is 149 Å². The molecule has 8 heteroatoms. The number of rotatable bonds is 5. The summed E-state index contributed by atoms with van der Waals surface area (Å²) in [5.74, 6) is 0.0822. The van der Waals surface area contributed by atoms with Crippen LogP contribution in [0.2, 0.25) is 0 Å². The summed E-state index contributed by atoms with van der Waals surface area (Å²) >= 11 is 0. The maximum atomic E-state index is 11.6. The van der Waals surface area contributed by atoms with E-state index < -0.39 is 5.97 Å². The van der Waals surface area contributed by atoms with Crippen LogP contribution in [0.25, 0.3) is 5.65 Å². The molecular formula is C18H18N4O4. The average molecular weight is 354 g/mol. The van der Waals surface area contributed by atoms with Crippen LogP contribution in [0.15, 0.2) is 40.7 Å². The molecule has 0 spiro atoms. The molecule has 134 valence electrons. The minimum absolute atomic E-state index is 0.0336. The van der Waals surface area contributed by atoms with E-state index in [4.69, 9.17) is 9.47 Å². The van der Waals surface area contributed by atoms with Crippen LogP contribution in [0.1, 0.15) is 21.6 Å². The second kappa shape index (κ2) is 6.83. The molecule has 2 heterocycles. The summed E-state index contributed by atoms with van der Waals surface area (Å²) in [5, 5.41) is 17.8. The van der Waals surface area contributed by atoms with Gasteiger partial charge in [-0.25, -0.2) is 9.78 Å². The molecule has 1 aromatic carbocycles. The molecule has 0 bridgehead atoms. The number of hydrogen-bond donors (Lipinski definition) is 1. The van der Waals surface area contributed by atoms with Gasteiger partial charge in [0.05, 0.1) is 25.5 Å². The number of methoxy groups -OCH3 is 2. The summed E-state index contributed by atoms with van der Waals surface area (Å²) in [4.78, 5) is 16.0. The Morgan fingerprint density at radius 1 is 1.12 bits per heavy atom. The zero-order valence-electron chi connectivity index (χ0n) is 14.8. The SMILES string of the molecule is COc1cc(N=Nc2c(C)nc3cc(C)ccn23)c(C(=O)O)cc1OC. The van der Waals surface area contributed by atoms with E-state index in [-0.39, 0.29) is 11.3 Å². The Morgan fingerprint density at radius 2 is 1.81 bits per heavy atom. The maximum Gasteiger partial charge on any atom is 0.338 e. The van der Waals surface area contributed by atoms with Gasteiger partial charge in [-0.2, -0.15) is 0 Å². The van der Waals surface area contributed by atoms with Crippen LogP contribution in [0.4, 0.5) is 11.5 Å². The van der Waals surface area contributed by atoms with Gasteiger partial charge in [0, 0.05) is 18.3 Å². The first-order valence-electron chi connectivity index (χ1n) is 7.81. The molecule has 1 N–H and O–H groups in total. The van der Waals surface area contributed by atoms with Gasteiger partial charge in [0.2, 0.25) is 0 Å². The Morgan fingerprint density at radius 3 is 2.46 bits per heavy atom. The van der Waals surface area contributed by atoms with E-state index in [1.54, 1.807) is 4.40 Å². The van der Waals surface area contributed by atoms with Crippen LogP contribution in [0.5, 0.6) is 11.5 Å². The van der Waals surface area contributed by atoms with Crippen molar-refractivity contribution in [3.05, 3.63) is 47.3 Å². The van der Waals surface area contributed by atoms with Crippen LogP contribution in [0.3, 0.4) is 0 Å². The molecule has 0 aliphatic rings. The number of imidazole rings is 1. The molecule has 0 unspecified atom stereocenters. The topological polar surface area (TPSA) is 97.8 Å². The second-order valence-corrected chi connectivity index (χ2v) is 5.68. The molecule has 0 aliphatic heterocycles.